The van der Waals surface area contributed by atoms with Crippen molar-refractivity contribution in [3.8, 4) is 0 Å². The first-order valence-corrected chi connectivity index (χ1v) is 12.4. The minimum absolute atomic E-state index is 0.0966. The summed E-state index contributed by atoms with van der Waals surface area (Å²) < 4.78 is 27.5. The summed E-state index contributed by atoms with van der Waals surface area (Å²) in [5.41, 5.74) is 0.472. The topological polar surface area (TPSA) is 70.6 Å². The fourth-order valence-corrected chi connectivity index (χ4v) is 5.55. The number of benzene rings is 1. The number of likely N-dealkylation sites (tertiary alicyclic amines) is 1. The first kappa shape index (κ1) is 23.5. The van der Waals surface area contributed by atoms with E-state index in [4.69, 9.17) is 4.84 Å². The van der Waals surface area contributed by atoms with Crippen LogP contribution >= 0.6 is 0 Å². The lowest BCUT2D eigenvalue weighted by Crippen LogP contribution is -2.54. The third-order valence-corrected chi connectivity index (χ3v) is 7.47. The predicted octanol–water partition coefficient (Wildman–Crippen LogP) is 3.99. The van der Waals surface area contributed by atoms with Crippen molar-refractivity contribution in [1.82, 2.24) is 19.9 Å². The van der Waals surface area contributed by atoms with E-state index in [-0.39, 0.29) is 17.9 Å². The zero-order valence-electron chi connectivity index (χ0n) is 19.7. The number of carbonyl (C=O) groups excluding carboxylic acids is 1. The summed E-state index contributed by atoms with van der Waals surface area (Å²) in [6, 6.07) is 5.53. The molecule has 1 aliphatic carbocycles. The number of hydrogen-bond donors (Lipinski definition) is 1. The molecule has 0 atom stereocenters. The van der Waals surface area contributed by atoms with Crippen molar-refractivity contribution in [2.45, 2.75) is 63.5 Å². The van der Waals surface area contributed by atoms with Crippen LogP contribution in [0.4, 0.5) is 14.6 Å². The van der Waals surface area contributed by atoms with Gasteiger partial charge in [-0.15, -0.1) is 0 Å². The lowest BCUT2D eigenvalue weighted by molar-refractivity contribution is -0.152. The third kappa shape index (κ3) is 5.21. The largest absolute Gasteiger partial charge is 0.362 e. The number of aromatic nitrogens is 2. The molecule has 0 spiro atoms. The number of nitrogens with zero attached hydrogens (tertiary/aromatic N) is 4. The summed E-state index contributed by atoms with van der Waals surface area (Å²) in [7, 11) is 0. The fraction of sp³-hybridized carbons (Fsp3) is 0.640. The number of anilines is 1. The molecule has 1 aromatic carbocycles. The van der Waals surface area contributed by atoms with E-state index in [1.54, 1.807) is 6.07 Å². The SMILES string of the molecule is CC(F)(F)c1ccc2ncnc(NCC(=O)CC3CN(C4CCC(N5CCCO5)CC4)C3)c2c1. The number of hydrogen-bond acceptors (Lipinski definition) is 7. The Morgan fingerprint density at radius 1 is 1.18 bits per heavy atom. The monoisotopic (exact) mass is 473 g/mol. The molecule has 3 heterocycles. The number of fused-ring (bicyclic) bond motifs is 1. The van der Waals surface area contributed by atoms with E-state index in [1.807, 2.05) is 0 Å². The summed E-state index contributed by atoms with van der Waals surface area (Å²) in [5.74, 6) is -2.03. The van der Waals surface area contributed by atoms with Crippen LogP contribution in [0.1, 0.15) is 51.0 Å². The molecule has 34 heavy (non-hydrogen) atoms. The van der Waals surface area contributed by atoms with Crippen molar-refractivity contribution in [3.63, 3.8) is 0 Å². The molecular formula is C25H33F2N5O2. The van der Waals surface area contributed by atoms with Gasteiger partial charge in [-0.25, -0.2) is 18.7 Å². The van der Waals surface area contributed by atoms with E-state index in [2.05, 4.69) is 25.2 Å². The third-order valence-electron chi connectivity index (χ3n) is 7.47. The predicted molar refractivity (Wildman–Crippen MR) is 126 cm³/mol. The summed E-state index contributed by atoms with van der Waals surface area (Å²) >= 11 is 0. The van der Waals surface area contributed by atoms with E-state index in [1.165, 1.54) is 44.1 Å². The molecule has 0 bridgehead atoms. The molecule has 3 aliphatic rings. The molecule has 184 valence electrons. The smallest absolute Gasteiger partial charge is 0.270 e. The van der Waals surface area contributed by atoms with Crippen LogP contribution in [0.15, 0.2) is 24.5 Å². The lowest BCUT2D eigenvalue weighted by Gasteiger charge is -2.47. The Morgan fingerprint density at radius 2 is 1.94 bits per heavy atom. The van der Waals surface area contributed by atoms with Crippen LogP contribution in [-0.2, 0) is 15.6 Å². The molecule has 0 radical (unpaired) electrons. The number of hydroxylamine groups is 2. The standard InChI is InChI=1S/C25H33F2N5O2/c1-25(26,27)18-3-8-23-22(12-18)24(30-16-29-23)28-13-21(33)11-17-14-31(15-17)19-4-6-20(7-5-19)32-9-2-10-34-32/h3,8,12,16-17,19-20H,2,4-7,9-11,13-15H2,1H3,(H,28,29,30). The van der Waals surface area contributed by atoms with E-state index in [9.17, 15) is 13.6 Å². The molecule has 2 aliphatic heterocycles. The average molecular weight is 474 g/mol. The molecule has 0 amide bonds. The van der Waals surface area contributed by atoms with Crippen molar-refractivity contribution in [2.75, 3.05) is 38.1 Å². The van der Waals surface area contributed by atoms with Crippen LogP contribution < -0.4 is 5.32 Å². The second-order valence-corrected chi connectivity index (χ2v) is 10.0. The van der Waals surface area contributed by atoms with Gasteiger partial charge in [0.1, 0.15) is 12.1 Å². The Labute approximate surface area is 198 Å². The van der Waals surface area contributed by atoms with Gasteiger partial charge in [-0.2, -0.15) is 5.06 Å². The molecule has 9 heteroatoms. The van der Waals surface area contributed by atoms with E-state index < -0.39 is 5.92 Å². The number of rotatable bonds is 8. The fourth-order valence-electron chi connectivity index (χ4n) is 5.55. The molecular weight excluding hydrogens is 440 g/mol. The van der Waals surface area contributed by atoms with Crippen LogP contribution in [0.2, 0.25) is 0 Å². The highest BCUT2D eigenvalue weighted by Crippen LogP contribution is 2.33. The number of Topliss-reactive ketones (excluding diaryl/α,β-unsaturated/α-hetero) is 1. The molecule has 5 rings (SSSR count). The zero-order chi connectivity index (χ0) is 23.7. The van der Waals surface area contributed by atoms with Crippen molar-refractivity contribution in [2.24, 2.45) is 5.92 Å². The summed E-state index contributed by atoms with van der Waals surface area (Å²) in [5, 5.41) is 5.74. The van der Waals surface area contributed by atoms with Gasteiger partial charge in [0.2, 0.25) is 0 Å². The van der Waals surface area contributed by atoms with Gasteiger partial charge in [0.15, 0.2) is 5.78 Å². The number of nitrogens with one attached hydrogen (secondary N) is 1. The normalized spacial score (nSPS) is 24.9. The second-order valence-electron chi connectivity index (χ2n) is 10.0. The van der Waals surface area contributed by atoms with E-state index >= 15 is 0 Å². The van der Waals surface area contributed by atoms with Crippen LogP contribution in [0, 0.1) is 5.92 Å². The summed E-state index contributed by atoms with van der Waals surface area (Å²) in [6.07, 6.45) is 7.83. The molecule has 3 fully saturated rings. The highest BCUT2D eigenvalue weighted by atomic mass is 19.3. The van der Waals surface area contributed by atoms with Crippen LogP contribution in [0.25, 0.3) is 10.9 Å². The Balaban J connectivity index is 1.08. The summed E-state index contributed by atoms with van der Waals surface area (Å²) in [4.78, 5) is 29.2. The van der Waals surface area contributed by atoms with Crippen molar-refractivity contribution in [3.05, 3.63) is 30.1 Å². The molecule has 7 nitrogen and oxygen atoms in total. The minimum atomic E-state index is -2.95. The van der Waals surface area contributed by atoms with Crippen molar-refractivity contribution >= 4 is 22.5 Å². The minimum Gasteiger partial charge on any atom is -0.362 e. The van der Waals surface area contributed by atoms with Crippen LogP contribution in [0.3, 0.4) is 0 Å². The van der Waals surface area contributed by atoms with Gasteiger partial charge in [0, 0.05) is 56.0 Å². The average Bonchev–Trinajstić information content (AvgIpc) is 3.34. The number of ketones is 1. The van der Waals surface area contributed by atoms with Gasteiger partial charge in [0.25, 0.3) is 5.92 Å². The molecule has 1 saturated carbocycles. The Bertz CT molecular complexity index is 1010. The van der Waals surface area contributed by atoms with Crippen molar-refractivity contribution in [1.29, 1.82) is 0 Å². The lowest BCUT2D eigenvalue weighted by atomic mass is 9.85. The number of alkyl halides is 2. The van der Waals surface area contributed by atoms with Gasteiger partial charge in [0.05, 0.1) is 18.7 Å². The number of carbonyl (C=O) groups is 1. The highest BCUT2D eigenvalue weighted by Gasteiger charge is 2.37. The Morgan fingerprint density at radius 3 is 2.65 bits per heavy atom. The Kier molecular flexibility index (Phi) is 6.77. The van der Waals surface area contributed by atoms with Crippen LogP contribution in [0.5, 0.6) is 0 Å². The highest BCUT2D eigenvalue weighted by molar-refractivity contribution is 5.91. The van der Waals surface area contributed by atoms with Gasteiger partial charge in [-0.05, 0) is 50.2 Å². The maximum atomic E-state index is 13.7. The molecule has 0 unspecified atom stereocenters. The van der Waals surface area contributed by atoms with Crippen LogP contribution in [-0.4, -0.2) is 70.6 Å². The maximum Gasteiger partial charge on any atom is 0.270 e. The molecule has 2 aromatic rings. The van der Waals surface area contributed by atoms with Gasteiger partial charge >= 0.3 is 0 Å². The summed E-state index contributed by atoms with van der Waals surface area (Å²) in [6.45, 7) is 4.88. The van der Waals surface area contributed by atoms with Gasteiger partial charge < -0.3 is 5.32 Å². The van der Waals surface area contributed by atoms with E-state index in [0.717, 1.165) is 39.6 Å². The quantitative estimate of drug-likeness (QED) is 0.622. The van der Waals surface area contributed by atoms with Crippen molar-refractivity contribution < 1.29 is 18.4 Å². The maximum absolute atomic E-state index is 13.7. The molecule has 1 N–H and O–H groups in total. The van der Waals surface area contributed by atoms with E-state index in [0.29, 0.717) is 41.1 Å². The first-order valence-electron chi connectivity index (χ1n) is 12.4. The number of halogens is 2. The second kappa shape index (κ2) is 9.79. The van der Waals surface area contributed by atoms with Gasteiger partial charge in [-0.1, -0.05) is 6.07 Å². The molecule has 2 saturated heterocycles. The molecule has 1 aromatic heterocycles. The Hall–Kier alpha value is -2.23. The zero-order valence-corrected chi connectivity index (χ0v) is 19.7. The van der Waals surface area contributed by atoms with Gasteiger partial charge in [-0.3, -0.25) is 14.5 Å². The first-order chi connectivity index (χ1) is 16.4.